The number of hydrogen-bond acceptors (Lipinski definition) is 3. The number of nitrogens with one attached hydrogen (secondary N) is 1. The summed E-state index contributed by atoms with van der Waals surface area (Å²) in [6, 6.07) is 7.98. The van der Waals surface area contributed by atoms with Crippen LogP contribution in [0.4, 0.5) is 0 Å². The minimum Gasteiger partial charge on any atom is -0.490 e. The van der Waals surface area contributed by atoms with E-state index in [-0.39, 0.29) is 11.9 Å². The highest BCUT2D eigenvalue weighted by Gasteiger charge is 2.09. The zero-order chi connectivity index (χ0) is 13.4. The fraction of sp³-hybridized carbons (Fsp3) is 0.500. The van der Waals surface area contributed by atoms with Crippen LogP contribution in [0.3, 0.4) is 0 Å². The maximum absolute atomic E-state index is 7.29. The predicted molar refractivity (Wildman–Crippen MR) is 73.3 cm³/mol. The summed E-state index contributed by atoms with van der Waals surface area (Å²) >= 11 is 0. The number of rotatable bonds is 8. The Hall–Kier alpha value is -1.55. The maximum Gasteiger partial charge on any atom is 0.119 e. The molecule has 0 bridgehead atoms. The van der Waals surface area contributed by atoms with Crippen molar-refractivity contribution in [3.8, 4) is 5.75 Å². The lowest BCUT2D eigenvalue weighted by molar-refractivity contribution is 0.201. The zero-order valence-corrected chi connectivity index (χ0v) is 11.1. The fourth-order valence-corrected chi connectivity index (χ4v) is 1.66. The minimum atomic E-state index is -0.0210. The Kier molecular flexibility index (Phi) is 6.22. The van der Waals surface area contributed by atoms with E-state index in [1.54, 1.807) is 7.11 Å². The molecule has 18 heavy (non-hydrogen) atoms. The second-order valence-electron chi connectivity index (χ2n) is 4.26. The van der Waals surface area contributed by atoms with Crippen LogP contribution in [-0.2, 0) is 11.2 Å². The molecule has 0 aliphatic rings. The molecular formula is C14H22N2O2. The molecule has 1 aromatic rings. The van der Waals surface area contributed by atoms with Gasteiger partial charge in [-0.15, -0.1) is 0 Å². The van der Waals surface area contributed by atoms with Gasteiger partial charge in [0.1, 0.15) is 11.9 Å². The average molecular weight is 250 g/mol. The fourth-order valence-electron chi connectivity index (χ4n) is 1.66. The van der Waals surface area contributed by atoms with Gasteiger partial charge in [-0.1, -0.05) is 19.1 Å². The second kappa shape index (κ2) is 7.71. The first-order valence-electron chi connectivity index (χ1n) is 6.23. The van der Waals surface area contributed by atoms with Gasteiger partial charge in [-0.3, -0.25) is 5.41 Å². The van der Waals surface area contributed by atoms with E-state index in [1.807, 2.05) is 31.2 Å². The highest BCUT2D eigenvalue weighted by atomic mass is 16.5. The molecule has 1 rings (SSSR count). The first-order chi connectivity index (χ1) is 8.65. The largest absolute Gasteiger partial charge is 0.490 e. The van der Waals surface area contributed by atoms with Gasteiger partial charge < -0.3 is 15.2 Å². The highest BCUT2D eigenvalue weighted by Crippen LogP contribution is 2.16. The van der Waals surface area contributed by atoms with Crippen molar-refractivity contribution in [1.29, 1.82) is 5.41 Å². The molecule has 0 heterocycles. The predicted octanol–water partition coefficient (Wildman–Crippen LogP) is 2.36. The van der Waals surface area contributed by atoms with Crippen LogP contribution in [0.5, 0.6) is 5.75 Å². The van der Waals surface area contributed by atoms with E-state index in [0.29, 0.717) is 6.42 Å². The van der Waals surface area contributed by atoms with Gasteiger partial charge in [-0.2, -0.15) is 0 Å². The second-order valence-corrected chi connectivity index (χ2v) is 4.26. The molecule has 0 aliphatic carbocycles. The summed E-state index contributed by atoms with van der Waals surface area (Å²) < 4.78 is 10.8. The zero-order valence-electron chi connectivity index (χ0n) is 11.1. The van der Waals surface area contributed by atoms with Crippen LogP contribution < -0.4 is 10.5 Å². The summed E-state index contributed by atoms with van der Waals surface area (Å²) in [6.07, 6.45) is 2.20. The molecule has 0 fully saturated rings. The molecule has 0 saturated carbocycles. The molecule has 0 radical (unpaired) electrons. The lowest BCUT2D eigenvalue weighted by atomic mass is 10.1. The Morgan fingerprint density at radius 2 is 2.00 bits per heavy atom. The molecule has 0 aromatic heterocycles. The van der Waals surface area contributed by atoms with Gasteiger partial charge in [0.25, 0.3) is 0 Å². The van der Waals surface area contributed by atoms with Gasteiger partial charge in [0.15, 0.2) is 0 Å². The van der Waals surface area contributed by atoms with E-state index in [0.717, 1.165) is 25.2 Å². The molecular weight excluding hydrogens is 228 g/mol. The Labute approximate surface area is 109 Å². The summed E-state index contributed by atoms with van der Waals surface area (Å²) in [5.74, 6) is 0.989. The third-order valence-corrected chi connectivity index (χ3v) is 2.72. The van der Waals surface area contributed by atoms with Crippen molar-refractivity contribution in [3.63, 3.8) is 0 Å². The van der Waals surface area contributed by atoms with E-state index in [4.69, 9.17) is 20.6 Å². The van der Waals surface area contributed by atoms with Crippen LogP contribution in [0.15, 0.2) is 24.3 Å². The van der Waals surface area contributed by atoms with Crippen LogP contribution in [0.1, 0.15) is 25.3 Å². The van der Waals surface area contributed by atoms with E-state index in [1.165, 1.54) is 5.56 Å². The highest BCUT2D eigenvalue weighted by molar-refractivity contribution is 5.77. The Morgan fingerprint density at radius 3 is 2.50 bits per heavy atom. The van der Waals surface area contributed by atoms with Crippen LogP contribution in [0, 0.1) is 5.41 Å². The van der Waals surface area contributed by atoms with Crippen molar-refractivity contribution in [3.05, 3.63) is 29.8 Å². The summed E-state index contributed by atoms with van der Waals surface area (Å²) in [4.78, 5) is 0. The van der Waals surface area contributed by atoms with Gasteiger partial charge >= 0.3 is 0 Å². The van der Waals surface area contributed by atoms with Crippen molar-refractivity contribution < 1.29 is 9.47 Å². The van der Waals surface area contributed by atoms with Crippen molar-refractivity contribution in [1.82, 2.24) is 0 Å². The smallest absolute Gasteiger partial charge is 0.119 e. The summed E-state index contributed by atoms with van der Waals surface area (Å²) in [7, 11) is 1.70. The summed E-state index contributed by atoms with van der Waals surface area (Å²) in [6.45, 7) is 2.75. The Bertz CT molecular complexity index is 363. The number of hydrogen-bond donors (Lipinski definition) is 2. The average Bonchev–Trinajstić information content (AvgIpc) is 2.36. The molecule has 0 spiro atoms. The molecule has 4 nitrogen and oxygen atoms in total. The summed E-state index contributed by atoms with van der Waals surface area (Å²) in [5.41, 5.74) is 6.62. The molecule has 0 saturated heterocycles. The van der Waals surface area contributed by atoms with Crippen molar-refractivity contribution >= 4 is 5.84 Å². The Balaban J connectivity index is 2.53. The molecule has 1 unspecified atom stereocenters. The third-order valence-electron chi connectivity index (χ3n) is 2.72. The van der Waals surface area contributed by atoms with Crippen LogP contribution in [0.2, 0.25) is 0 Å². The first kappa shape index (κ1) is 14.5. The molecule has 4 heteroatoms. The van der Waals surface area contributed by atoms with Crippen molar-refractivity contribution in [2.75, 3.05) is 13.7 Å². The van der Waals surface area contributed by atoms with E-state index < -0.39 is 0 Å². The SMILES string of the molecule is CCC(CC(=N)N)Oc1ccc(CCOC)cc1. The number of benzene rings is 1. The summed E-state index contributed by atoms with van der Waals surface area (Å²) in [5, 5.41) is 7.29. The lowest BCUT2D eigenvalue weighted by Crippen LogP contribution is -2.23. The standard InChI is InChI=1S/C14H22N2O2/c1-3-12(10-14(15)16)18-13-6-4-11(5-7-13)8-9-17-2/h4-7,12H,3,8-10H2,1-2H3,(H3,15,16). The quantitative estimate of drug-likeness (QED) is 0.549. The molecule has 0 aliphatic heterocycles. The van der Waals surface area contributed by atoms with Gasteiger partial charge in [-0.25, -0.2) is 0 Å². The van der Waals surface area contributed by atoms with Crippen LogP contribution in [-0.4, -0.2) is 25.7 Å². The normalized spacial score (nSPS) is 12.1. The molecule has 1 atom stereocenters. The number of ether oxygens (including phenoxy) is 2. The monoisotopic (exact) mass is 250 g/mol. The molecule has 3 N–H and O–H groups in total. The molecule has 100 valence electrons. The van der Waals surface area contributed by atoms with Gasteiger partial charge in [-0.05, 0) is 30.5 Å². The number of nitrogens with two attached hydrogens (primary N) is 1. The van der Waals surface area contributed by atoms with Gasteiger partial charge in [0.2, 0.25) is 0 Å². The van der Waals surface area contributed by atoms with Gasteiger partial charge in [0.05, 0.1) is 12.4 Å². The van der Waals surface area contributed by atoms with Crippen LogP contribution >= 0.6 is 0 Å². The Morgan fingerprint density at radius 1 is 1.33 bits per heavy atom. The first-order valence-corrected chi connectivity index (χ1v) is 6.23. The third kappa shape index (κ3) is 5.19. The topological polar surface area (TPSA) is 68.3 Å². The number of amidine groups is 1. The van der Waals surface area contributed by atoms with Crippen molar-refractivity contribution in [2.24, 2.45) is 5.73 Å². The van der Waals surface area contributed by atoms with E-state index in [9.17, 15) is 0 Å². The van der Waals surface area contributed by atoms with Crippen LogP contribution in [0.25, 0.3) is 0 Å². The maximum atomic E-state index is 7.29. The minimum absolute atomic E-state index is 0.0210. The van der Waals surface area contributed by atoms with Gasteiger partial charge in [0, 0.05) is 13.5 Å². The van der Waals surface area contributed by atoms with Crippen molar-refractivity contribution in [2.45, 2.75) is 32.3 Å². The molecule has 0 amide bonds. The number of methoxy groups -OCH3 is 1. The van der Waals surface area contributed by atoms with E-state index >= 15 is 0 Å². The molecule has 1 aromatic carbocycles. The van der Waals surface area contributed by atoms with E-state index in [2.05, 4.69) is 0 Å². The lowest BCUT2D eigenvalue weighted by Gasteiger charge is -2.17.